The molecular weight excluding hydrogens is 470 g/mol. The van der Waals surface area contributed by atoms with Crippen LogP contribution >= 0.6 is 0 Å². The summed E-state index contributed by atoms with van der Waals surface area (Å²) in [6, 6.07) is 3.86. The molecule has 2 aromatic rings. The molecule has 204 valence electrons. The second-order valence-electron chi connectivity index (χ2n) is 10.2. The van der Waals surface area contributed by atoms with Gasteiger partial charge in [0.2, 0.25) is 12.4 Å². The van der Waals surface area contributed by atoms with Gasteiger partial charge in [-0.2, -0.15) is 4.98 Å². The first-order valence-corrected chi connectivity index (χ1v) is 13.3. The lowest BCUT2D eigenvalue weighted by Gasteiger charge is -2.45. The minimum absolute atomic E-state index is 0.0278. The van der Waals surface area contributed by atoms with Gasteiger partial charge in [0.25, 0.3) is 0 Å². The average molecular weight is 515 g/mol. The number of alkyl halides is 2. The van der Waals surface area contributed by atoms with Gasteiger partial charge in [-0.1, -0.05) is 39.2 Å². The SMILES string of the molecule is C1CCC2(CC1)CCC2.C=C(c1ccc(N=C(C)C)c(C)n1)c1c(C)nc(N)nc1NC.CCC(F)F. The van der Waals surface area contributed by atoms with Crippen molar-refractivity contribution < 1.29 is 8.78 Å². The van der Waals surface area contributed by atoms with E-state index in [4.69, 9.17) is 5.73 Å². The van der Waals surface area contributed by atoms with Crippen molar-refractivity contribution in [2.45, 2.75) is 98.8 Å². The molecule has 37 heavy (non-hydrogen) atoms. The van der Waals surface area contributed by atoms with Crippen molar-refractivity contribution in [3.8, 4) is 0 Å². The van der Waals surface area contributed by atoms with E-state index in [1.807, 2.05) is 39.8 Å². The molecule has 0 atom stereocenters. The zero-order valence-corrected chi connectivity index (χ0v) is 23.4. The number of nitrogen functional groups attached to an aromatic ring is 1. The molecule has 0 bridgehead atoms. The van der Waals surface area contributed by atoms with Crippen molar-refractivity contribution in [2.75, 3.05) is 18.1 Å². The van der Waals surface area contributed by atoms with Crippen molar-refractivity contribution >= 4 is 28.7 Å². The maximum absolute atomic E-state index is 10.8. The molecule has 0 aliphatic heterocycles. The lowest BCUT2D eigenvalue weighted by atomic mass is 9.61. The van der Waals surface area contributed by atoms with Crippen molar-refractivity contribution in [1.29, 1.82) is 0 Å². The number of nitrogens with zero attached hydrogens (tertiary/aromatic N) is 4. The molecular formula is C29H44F2N6. The van der Waals surface area contributed by atoms with Crippen molar-refractivity contribution in [1.82, 2.24) is 15.0 Å². The Labute approximate surface area is 221 Å². The third-order valence-corrected chi connectivity index (χ3v) is 6.99. The van der Waals surface area contributed by atoms with Gasteiger partial charge in [0, 0.05) is 30.3 Å². The molecule has 0 radical (unpaired) electrons. The summed E-state index contributed by atoms with van der Waals surface area (Å²) in [5, 5.41) is 3.04. The highest BCUT2D eigenvalue weighted by Crippen LogP contribution is 2.51. The summed E-state index contributed by atoms with van der Waals surface area (Å²) in [7, 11) is 1.79. The third-order valence-electron chi connectivity index (χ3n) is 6.99. The van der Waals surface area contributed by atoms with Gasteiger partial charge in [0.05, 0.1) is 22.8 Å². The van der Waals surface area contributed by atoms with Gasteiger partial charge < -0.3 is 11.1 Å². The number of nitrogens with two attached hydrogens (primary N) is 1. The van der Waals surface area contributed by atoms with Gasteiger partial charge in [-0.3, -0.25) is 9.98 Å². The first-order chi connectivity index (χ1) is 17.5. The monoisotopic (exact) mass is 514 g/mol. The summed E-state index contributed by atoms with van der Waals surface area (Å²) < 4.78 is 21.5. The molecule has 0 unspecified atom stereocenters. The number of rotatable bonds is 5. The normalized spacial score (nSPS) is 15.5. The van der Waals surface area contributed by atoms with Crippen LogP contribution in [0.2, 0.25) is 0 Å². The molecule has 0 aromatic carbocycles. The highest BCUT2D eigenvalue weighted by Gasteiger charge is 2.37. The highest BCUT2D eigenvalue weighted by molar-refractivity contribution is 5.85. The summed E-state index contributed by atoms with van der Waals surface area (Å²) in [5.74, 6) is 0.876. The predicted octanol–water partition coefficient (Wildman–Crippen LogP) is 8.07. The zero-order valence-electron chi connectivity index (χ0n) is 23.4. The number of nitrogens with one attached hydrogen (secondary N) is 1. The minimum atomic E-state index is -2.12. The highest BCUT2D eigenvalue weighted by atomic mass is 19.3. The first-order valence-electron chi connectivity index (χ1n) is 13.3. The van der Waals surface area contributed by atoms with E-state index < -0.39 is 6.43 Å². The Morgan fingerprint density at radius 3 is 2.05 bits per heavy atom. The van der Waals surface area contributed by atoms with Gasteiger partial charge in [-0.25, -0.2) is 13.8 Å². The van der Waals surface area contributed by atoms with Crippen LogP contribution in [0.25, 0.3) is 5.57 Å². The van der Waals surface area contributed by atoms with E-state index in [1.165, 1.54) is 32.6 Å². The molecule has 2 aromatic heterocycles. The smallest absolute Gasteiger partial charge is 0.238 e. The third kappa shape index (κ3) is 8.86. The molecule has 6 nitrogen and oxygen atoms in total. The maximum Gasteiger partial charge on any atom is 0.238 e. The first kappa shape index (κ1) is 30.3. The fourth-order valence-electron chi connectivity index (χ4n) is 4.82. The topological polar surface area (TPSA) is 89.1 Å². The van der Waals surface area contributed by atoms with Crippen LogP contribution in [-0.4, -0.2) is 34.1 Å². The van der Waals surface area contributed by atoms with Crippen molar-refractivity contribution in [2.24, 2.45) is 10.4 Å². The number of pyridine rings is 1. The van der Waals surface area contributed by atoms with E-state index in [2.05, 4.69) is 31.8 Å². The Balaban J connectivity index is 0.000000278. The van der Waals surface area contributed by atoms with Crippen LogP contribution in [0, 0.1) is 19.3 Å². The lowest BCUT2D eigenvalue weighted by Crippen LogP contribution is -2.31. The Bertz CT molecular complexity index is 1060. The molecule has 2 aliphatic carbocycles. The van der Waals surface area contributed by atoms with Crippen LogP contribution in [0.1, 0.15) is 101 Å². The molecule has 0 amide bonds. The number of aryl methyl sites for hydroxylation is 2. The van der Waals surface area contributed by atoms with Gasteiger partial charge in [0.15, 0.2) is 0 Å². The second kappa shape index (κ2) is 14.1. The summed E-state index contributed by atoms with van der Waals surface area (Å²) in [5.41, 5.74) is 12.4. The van der Waals surface area contributed by atoms with Crippen LogP contribution in [-0.2, 0) is 0 Å². The van der Waals surface area contributed by atoms with Gasteiger partial charge in [-0.15, -0.1) is 0 Å². The Kier molecular flexibility index (Phi) is 11.6. The van der Waals surface area contributed by atoms with Crippen LogP contribution in [0.15, 0.2) is 23.7 Å². The van der Waals surface area contributed by atoms with E-state index in [0.717, 1.165) is 45.0 Å². The number of aromatic nitrogens is 3. The van der Waals surface area contributed by atoms with Crippen LogP contribution < -0.4 is 11.1 Å². The maximum atomic E-state index is 10.8. The van der Waals surface area contributed by atoms with Crippen LogP contribution in [0.5, 0.6) is 0 Å². The summed E-state index contributed by atoms with van der Waals surface area (Å²) in [6.07, 6.45) is 10.2. The Hall–Kier alpha value is -2.90. The van der Waals surface area contributed by atoms with E-state index in [-0.39, 0.29) is 12.4 Å². The van der Waals surface area contributed by atoms with Crippen molar-refractivity contribution in [3.05, 3.63) is 41.4 Å². The predicted molar refractivity (Wildman–Crippen MR) is 152 cm³/mol. The largest absolute Gasteiger partial charge is 0.372 e. The second-order valence-corrected chi connectivity index (χ2v) is 10.2. The number of halogens is 2. The van der Waals surface area contributed by atoms with E-state index in [0.29, 0.717) is 5.82 Å². The fourth-order valence-corrected chi connectivity index (χ4v) is 4.82. The quantitative estimate of drug-likeness (QED) is 0.394. The molecule has 2 aliphatic rings. The van der Waals surface area contributed by atoms with Gasteiger partial charge in [-0.05, 0) is 70.9 Å². The Morgan fingerprint density at radius 1 is 1.03 bits per heavy atom. The number of hydrogen-bond donors (Lipinski definition) is 2. The number of hydrogen-bond acceptors (Lipinski definition) is 6. The molecule has 2 saturated carbocycles. The fraction of sp³-hybridized carbons (Fsp3) is 0.586. The number of anilines is 2. The van der Waals surface area contributed by atoms with Crippen molar-refractivity contribution in [3.63, 3.8) is 0 Å². The lowest BCUT2D eigenvalue weighted by molar-refractivity contribution is 0.0775. The van der Waals surface area contributed by atoms with Crippen LogP contribution in [0.3, 0.4) is 0 Å². The molecule has 3 N–H and O–H groups in total. The van der Waals surface area contributed by atoms with E-state index in [9.17, 15) is 8.78 Å². The standard InChI is InChI=1S/C17H22N6.C9H16.C3H6F2/c1-9(2)20-14-8-7-13(21-11(14)4)10(3)15-12(5)22-17(18)23-16(15)19-6;1-2-5-9(6-3-1)7-4-8-9;1-2-3(4)5/h7-8H,3H2,1-2,4-6H3,(H3,18,19,22,23);1-8H2;3H,2H2,1H3. The average Bonchev–Trinajstić information content (AvgIpc) is 2.84. The minimum Gasteiger partial charge on any atom is -0.372 e. The van der Waals surface area contributed by atoms with E-state index >= 15 is 0 Å². The summed E-state index contributed by atoms with van der Waals surface area (Å²) in [6.45, 7) is 13.3. The molecule has 0 saturated heterocycles. The number of aliphatic imine (C=N–C) groups is 1. The van der Waals surface area contributed by atoms with Gasteiger partial charge in [0.1, 0.15) is 5.82 Å². The van der Waals surface area contributed by atoms with Crippen LogP contribution in [0.4, 0.5) is 26.2 Å². The molecule has 1 spiro atoms. The van der Waals surface area contributed by atoms with E-state index in [1.54, 1.807) is 32.7 Å². The molecule has 2 heterocycles. The Morgan fingerprint density at radius 2 is 1.62 bits per heavy atom. The molecule has 8 heteroatoms. The summed E-state index contributed by atoms with van der Waals surface area (Å²) in [4.78, 5) is 17.5. The molecule has 2 fully saturated rings. The molecule has 4 rings (SSSR count). The van der Waals surface area contributed by atoms with Gasteiger partial charge >= 0.3 is 0 Å². The summed E-state index contributed by atoms with van der Waals surface area (Å²) >= 11 is 0. The zero-order chi connectivity index (χ0) is 27.6.